The molecule has 3 aromatic carbocycles. The number of hydrogen-bond donors (Lipinski definition) is 2. The molecule has 8 nitrogen and oxygen atoms in total. The van der Waals surface area contributed by atoms with Crippen molar-refractivity contribution >= 4 is 41.4 Å². The number of furan rings is 1. The maximum absolute atomic E-state index is 13.0. The van der Waals surface area contributed by atoms with E-state index in [0.29, 0.717) is 27.9 Å². The zero-order valence-corrected chi connectivity index (χ0v) is 22.4. The monoisotopic (exact) mass is 542 g/mol. The topological polar surface area (TPSA) is 96.2 Å². The van der Waals surface area contributed by atoms with Gasteiger partial charge in [0.2, 0.25) is 0 Å². The number of rotatable bonds is 9. The minimum absolute atomic E-state index is 0.0339. The van der Waals surface area contributed by atoms with Gasteiger partial charge in [-0.2, -0.15) is 5.10 Å². The Morgan fingerprint density at radius 3 is 2.38 bits per heavy atom. The van der Waals surface area contributed by atoms with Crippen molar-refractivity contribution in [1.29, 1.82) is 0 Å². The predicted octanol–water partition coefficient (Wildman–Crippen LogP) is 5.60. The molecule has 1 aromatic heterocycles. The summed E-state index contributed by atoms with van der Waals surface area (Å²) in [5, 5.41) is 7.16. The summed E-state index contributed by atoms with van der Waals surface area (Å²) >= 11 is 6.21. The Kier molecular flexibility index (Phi) is 8.81. The molecular weight excluding hydrogens is 516 g/mol. The Morgan fingerprint density at radius 1 is 0.974 bits per heavy atom. The molecule has 0 atom stereocenters. The maximum atomic E-state index is 13.0. The lowest BCUT2D eigenvalue weighted by Crippen LogP contribution is -2.32. The number of hydrogen-bond acceptors (Lipinski definition) is 6. The standard InChI is InChI=1S/C30H27ClN4O4/c1-35(2)23-12-9-20(10-13-23)17-26(33-29(36)21-7-5-4-6-8-21)30(37)34-32-19-24-14-16-27(39-24)22-11-15-28(38-3)25(31)18-22/h4-19H,1-3H3,(H,33,36)(H,34,37)/b26-17-,32-19-. The highest BCUT2D eigenvalue weighted by molar-refractivity contribution is 6.32. The number of amides is 2. The molecule has 0 saturated heterocycles. The molecule has 0 aliphatic heterocycles. The van der Waals surface area contributed by atoms with E-state index in [1.807, 2.05) is 55.4 Å². The number of carbonyl (C=O) groups is 2. The van der Waals surface area contributed by atoms with Gasteiger partial charge in [-0.15, -0.1) is 0 Å². The minimum atomic E-state index is -0.596. The highest BCUT2D eigenvalue weighted by Gasteiger charge is 2.15. The molecule has 9 heteroatoms. The van der Waals surface area contributed by atoms with Gasteiger partial charge in [-0.1, -0.05) is 41.9 Å². The largest absolute Gasteiger partial charge is 0.495 e. The summed E-state index contributed by atoms with van der Waals surface area (Å²) in [4.78, 5) is 27.8. The first kappa shape index (κ1) is 27.2. The first-order valence-electron chi connectivity index (χ1n) is 12.0. The van der Waals surface area contributed by atoms with E-state index in [4.69, 9.17) is 20.8 Å². The molecule has 2 N–H and O–H groups in total. The molecule has 0 radical (unpaired) electrons. The number of ether oxygens (including phenoxy) is 1. The van der Waals surface area contributed by atoms with Crippen molar-refractivity contribution in [3.05, 3.63) is 113 Å². The number of nitrogens with zero attached hydrogens (tertiary/aromatic N) is 2. The van der Waals surface area contributed by atoms with E-state index in [-0.39, 0.29) is 5.70 Å². The second-order valence-electron chi connectivity index (χ2n) is 8.61. The quantitative estimate of drug-likeness (QED) is 0.163. The van der Waals surface area contributed by atoms with Crippen molar-refractivity contribution in [2.24, 2.45) is 5.10 Å². The first-order valence-corrected chi connectivity index (χ1v) is 12.3. The zero-order chi connectivity index (χ0) is 27.8. The summed E-state index contributed by atoms with van der Waals surface area (Å²) in [6, 6.07) is 25.0. The Hall–Kier alpha value is -4.82. The van der Waals surface area contributed by atoms with Gasteiger partial charge in [0.1, 0.15) is 23.0 Å². The molecule has 0 spiro atoms. The lowest BCUT2D eigenvalue weighted by Gasteiger charge is -2.12. The fourth-order valence-corrected chi connectivity index (χ4v) is 3.85. The summed E-state index contributed by atoms with van der Waals surface area (Å²) < 4.78 is 11.0. The minimum Gasteiger partial charge on any atom is -0.495 e. The van der Waals surface area contributed by atoms with Crippen molar-refractivity contribution in [2.45, 2.75) is 0 Å². The summed E-state index contributed by atoms with van der Waals surface area (Å²) in [6.07, 6.45) is 2.96. The average Bonchev–Trinajstić information content (AvgIpc) is 3.42. The second kappa shape index (κ2) is 12.6. The van der Waals surface area contributed by atoms with Crippen molar-refractivity contribution in [1.82, 2.24) is 10.7 Å². The number of hydrazone groups is 1. The van der Waals surface area contributed by atoms with Crippen LogP contribution in [0.5, 0.6) is 5.75 Å². The molecule has 2 amide bonds. The maximum Gasteiger partial charge on any atom is 0.287 e. The van der Waals surface area contributed by atoms with Crippen LogP contribution in [0.25, 0.3) is 17.4 Å². The number of methoxy groups -OCH3 is 1. The summed E-state index contributed by atoms with van der Waals surface area (Å²) in [5.74, 6) is 0.536. The van der Waals surface area contributed by atoms with Gasteiger partial charge in [0, 0.05) is 30.9 Å². The number of carbonyl (C=O) groups excluding carboxylic acids is 2. The van der Waals surface area contributed by atoms with Crippen LogP contribution in [0.15, 0.2) is 100 Å². The van der Waals surface area contributed by atoms with Crippen molar-refractivity contribution < 1.29 is 18.7 Å². The predicted molar refractivity (Wildman–Crippen MR) is 154 cm³/mol. The first-order chi connectivity index (χ1) is 18.8. The third-order valence-corrected chi connectivity index (χ3v) is 5.97. The molecule has 0 aliphatic carbocycles. The Bertz CT molecular complexity index is 1510. The third-order valence-electron chi connectivity index (χ3n) is 5.67. The Labute approximate surface area is 231 Å². The van der Waals surface area contributed by atoms with Gasteiger partial charge < -0.3 is 19.4 Å². The molecule has 0 unspecified atom stereocenters. The highest BCUT2D eigenvalue weighted by Crippen LogP contribution is 2.30. The highest BCUT2D eigenvalue weighted by atomic mass is 35.5. The van der Waals surface area contributed by atoms with Crippen LogP contribution in [0, 0.1) is 0 Å². The van der Waals surface area contributed by atoms with Crippen LogP contribution >= 0.6 is 11.6 Å². The SMILES string of the molecule is COc1ccc(-c2ccc(/C=N\NC(=O)/C(=C/c3ccc(N(C)C)cc3)NC(=O)c3ccccc3)o2)cc1Cl. The van der Waals surface area contributed by atoms with Gasteiger partial charge in [0.05, 0.1) is 18.3 Å². The lowest BCUT2D eigenvalue weighted by atomic mass is 10.1. The normalized spacial score (nSPS) is 11.3. The van der Waals surface area contributed by atoms with Gasteiger partial charge in [-0.3, -0.25) is 9.59 Å². The van der Waals surface area contributed by atoms with E-state index in [1.54, 1.807) is 61.7 Å². The third kappa shape index (κ3) is 7.15. The Morgan fingerprint density at radius 2 is 1.72 bits per heavy atom. The van der Waals surface area contributed by atoms with Crippen molar-refractivity contribution in [3.8, 4) is 17.1 Å². The van der Waals surface area contributed by atoms with E-state index in [1.165, 1.54) is 6.21 Å². The van der Waals surface area contributed by atoms with Gasteiger partial charge in [-0.05, 0) is 66.2 Å². The second-order valence-corrected chi connectivity index (χ2v) is 9.02. The van der Waals surface area contributed by atoms with E-state index in [2.05, 4.69) is 15.8 Å². The van der Waals surface area contributed by atoms with Gasteiger partial charge in [-0.25, -0.2) is 5.43 Å². The van der Waals surface area contributed by atoms with Crippen LogP contribution < -0.4 is 20.4 Å². The summed E-state index contributed by atoms with van der Waals surface area (Å²) in [6.45, 7) is 0. The fourth-order valence-electron chi connectivity index (χ4n) is 3.59. The van der Waals surface area contributed by atoms with E-state index in [9.17, 15) is 9.59 Å². The van der Waals surface area contributed by atoms with Crippen LogP contribution in [-0.4, -0.2) is 39.2 Å². The van der Waals surface area contributed by atoms with Crippen LogP contribution in [-0.2, 0) is 4.79 Å². The molecule has 0 saturated carbocycles. The molecule has 4 aromatic rings. The van der Waals surface area contributed by atoms with Crippen LogP contribution in [0.1, 0.15) is 21.7 Å². The van der Waals surface area contributed by atoms with Crippen LogP contribution in [0.2, 0.25) is 5.02 Å². The van der Waals surface area contributed by atoms with Gasteiger partial charge in [0.15, 0.2) is 0 Å². The smallest absolute Gasteiger partial charge is 0.287 e. The Balaban J connectivity index is 1.50. The van der Waals surface area contributed by atoms with Gasteiger partial charge >= 0.3 is 0 Å². The van der Waals surface area contributed by atoms with Gasteiger partial charge in [0.25, 0.3) is 11.8 Å². The average molecular weight is 543 g/mol. The molecule has 4 rings (SSSR count). The molecule has 0 bridgehead atoms. The number of nitrogens with one attached hydrogen (secondary N) is 2. The molecule has 39 heavy (non-hydrogen) atoms. The molecular formula is C30H27ClN4O4. The summed E-state index contributed by atoms with van der Waals surface area (Å²) in [5.41, 5.74) is 5.41. The lowest BCUT2D eigenvalue weighted by molar-refractivity contribution is -0.117. The zero-order valence-electron chi connectivity index (χ0n) is 21.6. The van der Waals surface area contributed by atoms with Crippen LogP contribution in [0.4, 0.5) is 5.69 Å². The van der Waals surface area contributed by atoms with E-state index in [0.717, 1.165) is 16.8 Å². The fraction of sp³-hybridized carbons (Fsp3) is 0.100. The number of anilines is 1. The molecule has 198 valence electrons. The number of halogens is 1. The number of benzene rings is 3. The molecule has 0 aliphatic rings. The van der Waals surface area contributed by atoms with E-state index >= 15 is 0 Å². The molecule has 1 heterocycles. The molecule has 0 fully saturated rings. The van der Waals surface area contributed by atoms with Crippen molar-refractivity contribution in [2.75, 3.05) is 26.1 Å². The summed E-state index contributed by atoms with van der Waals surface area (Å²) in [7, 11) is 5.43. The van der Waals surface area contributed by atoms with E-state index < -0.39 is 11.8 Å². The van der Waals surface area contributed by atoms with Crippen molar-refractivity contribution in [3.63, 3.8) is 0 Å². The van der Waals surface area contributed by atoms with Crippen LogP contribution in [0.3, 0.4) is 0 Å².